The van der Waals surface area contributed by atoms with Crippen LogP contribution in [0.5, 0.6) is 0 Å². The van der Waals surface area contributed by atoms with E-state index in [1.165, 1.54) is 18.8 Å². The Morgan fingerprint density at radius 1 is 1.17 bits per heavy atom. The molecule has 4 nitrogen and oxygen atoms in total. The van der Waals surface area contributed by atoms with Crippen LogP contribution in [-0.4, -0.2) is 13.1 Å². The largest absolute Gasteiger partial charge is 0.456 e. The van der Waals surface area contributed by atoms with Crippen molar-refractivity contribution in [2.75, 3.05) is 18.0 Å². The van der Waals surface area contributed by atoms with Crippen LogP contribution < -0.4 is 10.3 Å². The van der Waals surface area contributed by atoms with Crippen molar-refractivity contribution in [3.63, 3.8) is 0 Å². The second-order valence-corrected chi connectivity index (χ2v) is 5.09. The van der Waals surface area contributed by atoms with Crippen molar-refractivity contribution in [3.8, 4) is 0 Å². The van der Waals surface area contributed by atoms with E-state index in [2.05, 4.69) is 20.8 Å². The Morgan fingerprint density at radius 3 is 2.61 bits per heavy atom. The summed E-state index contributed by atoms with van der Waals surface area (Å²) in [6.45, 7) is 1.90. The van der Waals surface area contributed by atoms with Crippen LogP contribution in [-0.2, 0) is 0 Å². The molecule has 5 heteroatoms. The van der Waals surface area contributed by atoms with Crippen LogP contribution in [0.25, 0.3) is 11.2 Å². The summed E-state index contributed by atoms with van der Waals surface area (Å²) in [7, 11) is 0. The van der Waals surface area contributed by atoms with Crippen LogP contribution in [0.4, 0.5) is 5.88 Å². The van der Waals surface area contributed by atoms with Gasteiger partial charge in [-0.1, -0.05) is 7.43 Å². The Labute approximate surface area is 114 Å². The van der Waals surface area contributed by atoms with Crippen LogP contribution in [0, 0.1) is 0 Å². The number of halogens is 1. The van der Waals surface area contributed by atoms with Crippen LogP contribution >= 0.6 is 15.9 Å². The summed E-state index contributed by atoms with van der Waals surface area (Å²) in [5.41, 5.74) is 0.647. The second kappa shape index (κ2) is 5.18. The Morgan fingerprint density at radius 2 is 1.89 bits per heavy atom. The van der Waals surface area contributed by atoms with E-state index in [9.17, 15) is 4.79 Å². The smallest absolute Gasteiger partial charge is 0.230 e. The Hall–Kier alpha value is -1.23. The lowest BCUT2D eigenvalue weighted by atomic mass is 10.1. The van der Waals surface area contributed by atoms with E-state index >= 15 is 0 Å². The number of hydrogen-bond donors (Lipinski definition) is 0. The van der Waals surface area contributed by atoms with Gasteiger partial charge in [0.05, 0.1) is 10.5 Å². The van der Waals surface area contributed by atoms with Gasteiger partial charge in [-0.15, -0.1) is 0 Å². The van der Waals surface area contributed by atoms with Gasteiger partial charge >= 0.3 is 0 Å². The number of furan rings is 1. The standard InChI is InChI=1S/C12H12BrNO3.CH4/c13-8-7-16-12-9(15)6-10(17-11(8)12)14-4-2-1-3-5-14;/h6-7H,1-5H2;1H4. The van der Waals surface area contributed by atoms with E-state index in [0.29, 0.717) is 15.9 Å². The third kappa shape index (κ3) is 2.19. The van der Waals surface area contributed by atoms with Crippen LogP contribution in [0.15, 0.2) is 30.4 Å². The Bertz CT molecular complexity index is 596. The van der Waals surface area contributed by atoms with E-state index < -0.39 is 0 Å². The highest BCUT2D eigenvalue weighted by Gasteiger charge is 2.17. The number of piperidine rings is 1. The summed E-state index contributed by atoms with van der Waals surface area (Å²) in [6.07, 6.45) is 5.02. The molecule has 3 rings (SSSR count). The molecule has 0 unspecified atom stereocenters. The monoisotopic (exact) mass is 313 g/mol. The third-order valence-electron chi connectivity index (χ3n) is 3.06. The van der Waals surface area contributed by atoms with Gasteiger partial charge in [0.2, 0.25) is 11.0 Å². The number of rotatable bonds is 1. The van der Waals surface area contributed by atoms with E-state index in [4.69, 9.17) is 8.83 Å². The molecular weight excluding hydrogens is 298 g/mol. The Balaban J connectivity index is 0.00000120. The minimum atomic E-state index is -0.127. The molecule has 0 radical (unpaired) electrons. The second-order valence-electron chi connectivity index (χ2n) is 4.24. The fraction of sp³-hybridized carbons (Fsp3) is 0.462. The first kappa shape index (κ1) is 13.2. The quantitative estimate of drug-likeness (QED) is 0.804. The predicted molar refractivity (Wildman–Crippen MR) is 75.2 cm³/mol. The van der Waals surface area contributed by atoms with Crippen LogP contribution in [0.2, 0.25) is 0 Å². The summed E-state index contributed by atoms with van der Waals surface area (Å²) < 4.78 is 11.6. The number of anilines is 1. The maximum absolute atomic E-state index is 11.9. The molecule has 0 atom stereocenters. The molecule has 0 aliphatic carbocycles. The molecule has 0 aromatic carbocycles. The zero-order valence-electron chi connectivity index (χ0n) is 9.24. The average Bonchev–Trinajstić information content (AvgIpc) is 2.73. The topological polar surface area (TPSA) is 46.6 Å². The summed E-state index contributed by atoms with van der Waals surface area (Å²) in [6, 6.07) is 1.52. The van der Waals surface area contributed by atoms with Crippen LogP contribution in [0.1, 0.15) is 26.7 Å². The SMILES string of the molecule is C.O=c1cc(N2CCCCC2)oc2c(Br)coc12. The first-order valence-electron chi connectivity index (χ1n) is 5.71. The van der Waals surface area contributed by atoms with Crippen molar-refractivity contribution in [2.24, 2.45) is 0 Å². The normalized spacial score (nSPS) is 15.7. The van der Waals surface area contributed by atoms with Gasteiger partial charge in [-0.2, -0.15) is 0 Å². The molecule has 0 amide bonds. The van der Waals surface area contributed by atoms with E-state index in [1.54, 1.807) is 0 Å². The lowest BCUT2D eigenvalue weighted by molar-refractivity contribution is 0.509. The van der Waals surface area contributed by atoms with Crippen LogP contribution in [0.3, 0.4) is 0 Å². The molecule has 1 aliphatic heterocycles. The molecule has 3 heterocycles. The van der Waals surface area contributed by atoms with Gasteiger partial charge in [0.15, 0.2) is 11.5 Å². The minimum absolute atomic E-state index is 0. The molecule has 2 aromatic heterocycles. The summed E-state index contributed by atoms with van der Waals surface area (Å²) in [4.78, 5) is 14.0. The molecule has 1 aliphatic rings. The molecule has 18 heavy (non-hydrogen) atoms. The minimum Gasteiger partial charge on any atom is -0.456 e. The first-order chi connectivity index (χ1) is 8.25. The summed E-state index contributed by atoms with van der Waals surface area (Å²) in [5, 5.41) is 0. The molecule has 0 bridgehead atoms. The van der Waals surface area contributed by atoms with Crippen molar-refractivity contribution < 1.29 is 8.83 Å². The molecule has 1 fully saturated rings. The Kier molecular flexibility index (Phi) is 3.80. The van der Waals surface area contributed by atoms with Gasteiger partial charge in [-0.05, 0) is 35.2 Å². The maximum atomic E-state index is 11.9. The summed E-state index contributed by atoms with van der Waals surface area (Å²) >= 11 is 3.31. The molecule has 0 N–H and O–H groups in total. The average molecular weight is 314 g/mol. The van der Waals surface area contributed by atoms with Gasteiger partial charge in [-0.3, -0.25) is 4.79 Å². The molecule has 98 valence electrons. The first-order valence-corrected chi connectivity index (χ1v) is 6.51. The van der Waals surface area contributed by atoms with Crippen molar-refractivity contribution in [1.29, 1.82) is 0 Å². The van der Waals surface area contributed by atoms with Crippen molar-refractivity contribution >= 4 is 33.0 Å². The fourth-order valence-electron chi connectivity index (χ4n) is 2.17. The fourth-order valence-corrected chi connectivity index (χ4v) is 2.53. The van der Waals surface area contributed by atoms with Crippen molar-refractivity contribution in [1.82, 2.24) is 0 Å². The van der Waals surface area contributed by atoms with E-state index in [1.807, 2.05) is 0 Å². The molecule has 1 saturated heterocycles. The number of fused-ring (bicyclic) bond motifs is 1. The molecular formula is C13H16BrNO3. The highest BCUT2D eigenvalue weighted by atomic mass is 79.9. The number of hydrogen-bond acceptors (Lipinski definition) is 4. The zero-order valence-corrected chi connectivity index (χ0v) is 10.8. The molecule has 2 aromatic rings. The van der Waals surface area contributed by atoms with E-state index in [0.717, 1.165) is 25.9 Å². The molecule has 0 saturated carbocycles. The highest BCUT2D eigenvalue weighted by molar-refractivity contribution is 9.10. The van der Waals surface area contributed by atoms with E-state index in [-0.39, 0.29) is 18.4 Å². The van der Waals surface area contributed by atoms with Gasteiger partial charge in [0.1, 0.15) is 6.26 Å². The predicted octanol–water partition coefficient (Wildman–Crippen LogP) is 3.77. The lowest BCUT2D eigenvalue weighted by Gasteiger charge is -2.26. The van der Waals surface area contributed by atoms with Crippen molar-refractivity contribution in [3.05, 3.63) is 27.0 Å². The van der Waals surface area contributed by atoms with Gasteiger partial charge in [0, 0.05) is 13.1 Å². The summed E-state index contributed by atoms with van der Waals surface area (Å²) in [5.74, 6) is 0.643. The third-order valence-corrected chi connectivity index (χ3v) is 3.60. The highest BCUT2D eigenvalue weighted by Crippen LogP contribution is 2.28. The molecule has 0 spiro atoms. The van der Waals surface area contributed by atoms with Gasteiger partial charge < -0.3 is 13.7 Å². The zero-order chi connectivity index (χ0) is 11.8. The number of nitrogens with zero attached hydrogens (tertiary/aromatic N) is 1. The van der Waals surface area contributed by atoms with Gasteiger partial charge in [-0.25, -0.2) is 0 Å². The van der Waals surface area contributed by atoms with Gasteiger partial charge in [0.25, 0.3) is 0 Å². The lowest BCUT2D eigenvalue weighted by Crippen LogP contribution is -2.29. The van der Waals surface area contributed by atoms with Crippen molar-refractivity contribution in [2.45, 2.75) is 26.7 Å². The maximum Gasteiger partial charge on any atom is 0.230 e.